The fourth-order valence-corrected chi connectivity index (χ4v) is 3.38. The summed E-state index contributed by atoms with van der Waals surface area (Å²) in [5, 5.41) is 9.23. The summed E-state index contributed by atoms with van der Waals surface area (Å²) >= 11 is 1.21. The van der Waals surface area contributed by atoms with Crippen molar-refractivity contribution in [2.75, 3.05) is 12.8 Å². The molecule has 0 aliphatic rings. The number of nitrogen functional groups attached to an aromatic ring is 1. The Morgan fingerprint density at radius 1 is 1.45 bits per heavy atom. The zero-order chi connectivity index (χ0) is 14.9. The summed E-state index contributed by atoms with van der Waals surface area (Å²) in [4.78, 5) is 12.3. The van der Waals surface area contributed by atoms with Crippen molar-refractivity contribution in [3.63, 3.8) is 0 Å². The van der Waals surface area contributed by atoms with Crippen LogP contribution < -0.4 is 10.5 Å². The van der Waals surface area contributed by atoms with Crippen LogP contribution in [0.2, 0.25) is 0 Å². The minimum Gasteiger partial charge on any atom is -0.496 e. The van der Waals surface area contributed by atoms with E-state index in [1.165, 1.54) is 11.3 Å². The van der Waals surface area contributed by atoms with Gasteiger partial charge in [-0.1, -0.05) is 18.6 Å². The molecular weight excluding hydrogens is 274 g/mol. The molecule has 0 saturated carbocycles. The van der Waals surface area contributed by atoms with Crippen molar-refractivity contribution in [2.45, 2.75) is 20.3 Å². The van der Waals surface area contributed by atoms with Crippen molar-refractivity contribution in [1.29, 1.82) is 0 Å². The van der Waals surface area contributed by atoms with E-state index in [0.717, 1.165) is 27.3 Å². The number of ether oxygens (including phenoxy) is 1. The van der Waals surface area contributed by atoms with E-state index in [9.17, 15) is 9.90 Å². The standard InChI is InChI=1S/C15H17NO3S/c1-4-9-12(16)14(15(17)18)20-13(9)10-7-8(2)5-6-11(10)19-3/h5-7H,4,16H2,1-3H3,(H,17,18). The van der Waals surface area contributed by atoms with Gasteiger partial charge in [-0.15, -0.1) is 11.3 Å². The Bertz CT molecular complexity index is 661. The highest BCUT2D eigenvalue weighted by atomic mass is 32.1. The first-order valence-electron chi connectivity index (χ1n) is 6.29. The van der Waals surface area contributed by atoms with Crippen LogP contribution in [-0.4, -0.2) is 18.2 Å². The molecule has 0 bridgehead atoms. The van der Waals surface area contributed by atoms with E-state index in [1.807, 2.05) is 32.0 Å². The molecule has 0 fully saturated rings. The minimum absolute atomic E-state index is 0.195. The third kappa shape index (κ3) is 2.36. The van der Waals surface area contributed by atoms with Crippen molar-refractivity contribution in [3.05, 3.63) is 34.2 Å². The summed E-state index contributed by atoms with van der Waals surface area (Å²) in [7, 11) is 1.61. The van der Waals surface area contributed by atoms with Crippen LogP contribution >= 0.6 is 11.3 Å². The van der Waals surface area contributed by atoms with E-state index >= 15 is 0 Å². The molecule has 5 heteroatoms. The van der Waals surface area contributed by atoms with Crippen LogP contribution in [-0.2, 0) is 6.42 Å². The Balaban J connectivity index is 2.72. The molecule has 4 nitrogen and oxygen atoms in total. The third-order valence-corrected chi connectivity index (χ3v) is 4.46. The Morgan fingerprint density at radius 2 is 2.15 bits per heavy atom. The molecule has 2 aromatic rings. The molecular formula is C15H17NO3S. The van der Waals surface area contributed by atoms with Gasteiger partial charge in [0.1, 0.15) is 10.6 Å². The van der Waals surface area contributed by atoms with Crippen molar-refractivity contribution in [2.24, 2.45) is 0 Å². The molecule has 0 amide bonds. The molecule has 106 valence electrons. The zero-order valence-electron chi connectivity index (χ0n) is 11.7. The van der Waals surface area contributed by atoms with Gasteiger partial charge >= 0.3 is 5.97 Å². The number of carboxylic acids is 1. The van der Waals surface area contributed by atoms with Gasteiger partial charge in [-0.2, -0.15) is 0 Å². The van der Waals surface area contributed by atoms with Gasteiger partial charge in [-0.3, -0.25) is 0 Å². The van der Waals surface area contributed by atoms with Gasteiger partial charge in [0.15, 0.2) is 0 Å². The Morgan fingerprint density at radius 3 is 2.70 bits per heavy atom. The Hall–Kier alpha value is -2.01. The van der Waals surface area contributed by atoms with Crippen molar-refractivity contribution in [3.8, 4) is 16.2 Å². The summed E-state index contributed by atoms with van der Waals surface area (Å²) in [6.07, 6.45) is 0.683. The van der Waals surface area contributed by atoms with Crippen LogP contribution in [0.5, 0.6) is 5.75 Å². The molecule has 0 spiro atoms. The lowest BCUT2D eigenvalue weighted by molar-refractivity contribution is 0.0703. The second kappa shape index (κ2) is 5.54. The highest BCUT2D eigenvalue weighted by molar-refractivity contribution is 7.18. The average molecular weight is 291 g/mol. The second-order valence-electron chi connectivity index (χ2n) is 4.51. The minimum atomic E-state index is -0.986. The van der Waals surface area contributed by atoms with Crippen LogP contribution in [0.3, 0.4) is 0 Å². The van der Waals surface area contributed by atoms with Crippen LogP contribution in [0.25, 0.3) is 10.4 Å². The third-order valence-electron chi connectivity index (χ3n) is 3.20. The van der Waals surface area contributed by atoms with Gasteiger partial charge in [-0.05, 0) is 31.0 Å². The first kappa shape index (κ1) is 14.4. The van der Waals surface area contributed by atoms with Crippen molar-refractivity contribution in [1.82, 2.24) is 0 Å². The lowest BCUT2D eigenvalue weighted by Gasteiger charge is -2.10. The lowest BCUT2D eigenvalue weighted by Crippen LogP contribution is -1.99. The number of carbonyl (C=O) groups is 1. The normalized spacial score (nSPS) is 10.6. The molecule has 1 heterocycles. The molecule has 0 radical (unpaired) electrons. The van der Waals surface area contributed by atoms with Crippen LogP contribution in [0.15, 0.2) is 18.2 Å². The monoisotopic (exact) mass is 291 g/mol. The smallest absolute Gasteiger partial charge is 0.348 e. The molecule has 0 aliphatic heterocycles. The lowest BCUT2D eigenvalue weighted by atomic mass is 10.0. The number of methoxy groups -OCH3 is 1. The Kier molecular flexibility index (Phi) is 3.99. The van der Waals surface area contributed by atoms with E-state index in [2.05, 4.69) is 0 Å². The molecule has 0 aliphatic carbocycles. The number of benzene rings is 1. The maximum Gasteiger partial charge on any atom is 0.348 e. The van der Waals surface area contributed by atoms with Gasteiger partial charge in [0, 0.05) is 10.4 Å². The largest absolute Gasteiger partial charge is 0.496 e. The van der Waals surface area contributed by atoms with Gasteiger partial charge in [-0.25, -0.2) is 4.79 Å². The topological polar surface area (TPSA) is 72.5 Å². The van der Waals surface area contributed by atoms with E-state index in [0.29, 0.717) is 12.1 Å². The van der Waals surface area contributed by atoms with E-state index in [4.69, 9.17) is 10.5 Å². The van der Waals surface area contributed by atoms with Gasteiger partial charge in [0.05, 0.1) is 12.8 Å². The van der Waals surface area contributed by atoms with Gasteiger partial charge in [0.2, 0.25) is 0 Å². The first-order valence-corrected chi connectivity index (χ1v) is 7.10. The number of aromatic carboxylic acids is 1. The van der Waals surface area contributed by atoms with Crippen molar-refractivity contribution >= 4 is 23.0 Å². The number of rotatable bonds is 4. The van der Waals surface area contributed by atoms with Crippen LogP contribution in [0, 0.1) is 6.92 Å². The molecule has 1 aromatic carbocycles. The number of aryl methyl sites for hydroxylation is 1. The van der Waals surface area contributed by atoms with E-state index in [1.54, 1.807) is 7.11 Å². The molecule has 0 atom stereocenters. The summed E-state index contributed by atoms with van der Waals surface area (Å²) < 4.78 is 5.38. The summed E-state index contributed by atoms with van der Waals surface area (Å²) in [5.74, 6) is -0.261. The molecule has 0 unspecified atom stereocenters. The summed E-state index contributed by atoms with van der Waals surface area (Å²) in [6.45, 7) is 3.96. The van der Waals surface area contributed by atoms with Crippen LogP contribution in [0.1, 0.15) is 27.7 Å². The molecule has 1 aromatic heterocycles. The highest BCUT2D eigenvalue weighted by Gasteiger charge is 2.22. The summed E-state index contributed by atoms with van der Waals surface area (Å²) in [6, 6.07) is 5.85. The predicted octanol–water partition coefficient (Wildman–Crippen LogP) is 3.57. The zero-order valence-corrected chi connectivity index (χ0v) is 12.5. The number of nitrogens with two attached hydrogens (primary N) is 1. The summed E-state index contributed by atoms with van der Waals surface area (Å²) in [5.41, 5.74) is 9.19. The molecule has 0 saturated heterocycles. The highest BCUT2D eigenvalue weighted by Crippen LogP contribution is 2.43. The van der Waals surface area contributed by atoms with E-state index < -0.39 is 5.97 Å². The SMILES string of the molecule is CCc1c(-c2cc(C)ccc2OC)sc(C(=O)O)c1N. The predicted molar refractivity (Wildman–Crippen MR) is 81.8 cm³/mol. The average Bonchev–Trinajstić information content (AvgIpc) is 2.75. The quantitative estimate of drug-likeness (QED) is 0.903. The van der Waals surface area contributed by atoms with Gasteiger partial charge < -0.3 is 15.6 Å². The van der Waals surface area contributed by atoms with E-state index in [-0.39, 0.29) is 4.88 Å². The number of hydrogen-bond acceptors (Lipinski definition) is 4. The molecule has 20 heavy (non-hydrogen) atoms. The van der Waals surface area contributed by atoms with Crippen LogP contribution in [0.4, 0.5) is 5.69 Å². The molecule has 2 rings (SSSR count). The molecule has 3 N–H and O–H groups in total. The Labute approximate surface area is 121 Å². The number of hydrogen-bond donors (Lipinski definition) is 2. The number of anilines is 1. The number of thiophene rings is 1. The first-order chi connectivity index (χ1) is 9.49. The second-order valence-corrected chi connectivity index (χ2v) is 5.54. The number of carboxylic acid groups (broad SMARTS) is 1. The van der Waals surface area contributed by atoms with Gasteiger partial charge in [0.25, 0.3) is 0 Å². The fourth-order valence-electron chi connectivity index (χ4n) is 2.20. The van der Waals surface area contributed by atoms with Crippen molar-refractivity contribution < 1.29 is 14.6 Å². The maximum absolute atomic E-state index is 11.3. The fraction of sp³-hybridized carbons (Fsp3) is 0.267. The maximum atomic E-state index is 11.3.